The van der Waals surface area contributed by atoms with E-state index in [-0.39, 0.29) is 6.10 Å². The summed E-state index contributed by atoms with van der Waals surface area (Å²) in [5.74, 6) is 0.552. The molecule has 60 valence electrons. The van der Waals surface area contributed by atoms with Crippen LogP contribution in [-0.4, -0.2) is 23.4 Å². The highest BCUT2D eigenvalue weighted by Crippen LogP contribution is 2.31. The fraction of sp³-hybridized carbons (Fsp3) is 1.00. The van der Waals surface area contributed by atoms with Crippen molar-refractivity contribution in [3.63, 3.8) is 0 Å². The topological polar surface area (TPSA) is 29.5 Å². The van der Waals surface area contributed by atoms with Gasteiger partial charge in [0.25, 0.3) is 0 Å². The van der Waals surface area contributed by atoms with Crippen LogP contribution in [0.25, 0.3) is 0 Å². The van der Waals surface area contributed by atoms with Gasteiger partial charge in [-0.2, -0.15) is 0 Å². The maximum atomic E-state index is 9.72. The average Bonchev–Trinajstić information content (AvgIpc) is 1.84. The number of hydrogen-bond donors (Lipinski definition) is 1. The Labute approximate surface area is 62.2 Å². The van der Waals surface area contributed by atoms with Crippen molar-refractivity contribution >= 4 is 0 Å². The van der Waals surface area contributed by atoms with Gasteiger partial charge in [-0.1, -0.05) is 13.8 Å². The molecule has 1 rings (SSSR count). The largest absolute Gasteiger partial charge is 0.385 e. The molecule has 0 aromatic carbocycles. The smallest absolute Gasteiger partial charge is 0.114 e. The molecule has 10 heavy (non-hydrogen) atoms. The van der Waals surface area contributed by atoms with Crippen LogP contribution in [0.15, 0.2) is 0 Å². The van der Waals surface area contributed by atoms with Crippen LogP contribution in [0.5, 0.6) is 0 Å². The van der Waals surface area contributed by atoms with Crippen LogP contribution in [0.2, 0.25) is 0 Å². The predicted molar refractivity (Wildman–Crippen MR) is 39.8 cm³/mol. The summed E-state index contributed by atoms with van der Waals surface area (Å²) in [4.78, 5) is 0. The molecule has 0 aromatic rings. The quantitative estimate of drug-likeness (QED) is 0.630. The Kier molecular flexibility index (Phi) is 2.02. The van der Waals surface area contributed by atoms with E-state index in [0.29, 0.717) is 12.5 Å². The van der Waals surface area contributed by atoms with Crippen LogP contribution >= 0.6 is 0 Å². The molecule has 1 aliphatic rings. The van der Waals surface area contributed by atoms with Gasteiger partial charge in [-0.15, -0.1) is 0 Å². The Hall–Kier alpha value is -0.0800. The fourth-order valence-electron chi connectivity index (χ4n) is 1.37. The van der Waals surface area contributed by atoms with Gasteiger partial charge >= 0.3 is 0 Å². The molecule has 0 aliphatic carbocycles. The van der Waals surface area contributed by atoms with Crippen LogP contribution < -0.4 is 0 Å². The van der Waals surface area contributed by atoms with E-state index in [1.54, 1.807) is 0 Å². The molecule has 2 atom stereocenters. The highest BCUT2D eigenvalue weighted by molar-refractivity contribution is 4.93. The highest BCUT2D eigenvalue weighted by Gasteiger charge is 2.43. The second-order valence-corrected chi connectivity index (χ2v) is 3.65. The van der Waals surface area contributed by atoms with E-state index in [0.717, 1.165) is 6.42 Å². The van der Waals surface area contributed by atoms with Gasteiger partial charge in [0.05, 0.1) is 12.7 Å². The molecule has 0 bridgehead atoms. The van der Waals surface area contributed by atoms with Crippen molar-refractivity contribution in [2.75, 3.05) is 6.61 Å². The zero-order valence-electron chi connectivity index (χ0n) is 6.92. The molecule has 1 fully saturated rings. The molecule has 1 heterocycles. The maximum Gasteiger partial charge on any atom is 0.114 e. The third kappa shape index (κ3) is 1.32. The van der Waals surface area contributed by atoms with Gasteiger partial charge in [0.2, 0.25) is 0 Å². The van der Waals surface area contributed by atoms with E-state index < -0.39 is 5.60 Å². The Morgan fingerprint density at radius 1 is 1.70 bits per heavy atom. The first-order valence-corrected chi connectivity index (χ1v) is 3.88. The third-order valence-corrected chi connectivity index (χ3v) is 2.10. The van der Waals surface area contributed by atoms with E-state index in [2.05, 4.69) is 13.8 Å². The van der Waals surface area contributed by atoms with Gasteiger partial charge in [0.1, 0.15) is 5.60 Å². The van der Waals surface area contributed by atoms with Gasteiger partial charge in [0.15, 0.2) is 0 Å². The summed E-state index contributed by atoms with van der Waals surface area (Å²) in [5.41, 5.74) is -0.520. The normalized spacial score (nSPS) is 39.9. The van der Waals surface area contributed by atoms with Crippen molar-refractivity contribution in [1.29, 1.82) is 0 Å². The SMILES string of the molecule is CC(C)CC1(O)COC1C. The zero-order chi connectivity index (χ0) is 7.78. The van der Waals surface area contributed by atoms with Gasteiger partial charge in [-0.25, -0.2) is 0 Å². The monoisotopic (exact) mass is 144 g/mol. The number of rotatable bonds is 2. The summed E-state index contributed by atoms with van der Waals surface area (Å²) in [5, 5.41) is 9.72. The summed E-state index contributed by atoms with van der Waals surface area (Å²) in [6, 6.07) is 0. The number of hydrogen-bond acceptors (Lipinski definition) is 2. The molecule has 0 amide bonds. The molecule has 0 spiro atoms. The Morgan fingerprint density at radius 3 is 2.40 bits per heavy atom. The lowest BCUT2D eigenvalue weighted by atomic mass is 9.85. The third-order valence-electron chi connectivity index (χ3n) is 2.10. The molecule has 1 N–H and O–H groups in total. The minimum Gasteiger partial charge on any atom is -0.385 e. The van der Waals surface area contributed by atoms with Crippen LogP contribution in [-0.2, 0) is 4.74 Å². The van der Waals surface area contributed by atoms with E-state index >= 15 is 0 Å². The first-order valence-electron chi connectivity index (χ1n) is 3.88. The Balaban J connectivity index is 2.38. The van der Waals surface area contributed by atoms with Gasteiger partial charge in [0, 0.05) is 0 Å². The Morgan fingerprint density at radius 2 is 2.30 bits per heavy atom. The highest BCUT2D eigenvalue weighted by atomic mass is 16.6. The van der Waals surface area contributed by atoms with Crippen molar-refractivity contribution in [2.45, 2.75) is 38.9 Å². The van der Waals surface area contributed by atoms with Crippen molar-refractivity contribution in [3.8, 4) is 0 Å². The molecule has 1 aliphatic heterocycles. The lowest BCUT2D eigenvalue weighted by molar-refractivity contribution is -0.236. The molecule has 2 nitrogen and oxygen atoms in total. The van der Waals surface area contributed by atoms with Gasteiger partial charge in [-0.05, 0) is 19.3 Å². The minimum absolute atomic E-state index is 0.0369. The average molecular weight is 144 g/mol. The standard InChI is InChI=1S/C8H16O2/c1-6(2)4-8(9)5-10-7(8)3/h6-7,9H,4-5H2,1-3H3. The molecule has 0 aromatic heterocycles. The Bertz CT molecular complexity index is 122. The van der Waals surface area contributed by atoms with Crippen LogP contribution in [0, 0.1) is 5.92 Å². The molecular weight excluding hydrogens is 128 g/mol. The van der Waals surface area contributed by atoms with Crippen LogP contribution in [0.4, 0.5) is 0 Å². The summed E-state index contributed by atoms with van der Waals surface area (Å²) >= 11 is 0. The summed E-state index contributed by atoms with van der Waals surface area (Å²) in [6.45, 7) is 6.67. The van der Waals surface area contributed by atoms with E-state index in [4.69, 9.17) is 4.74 Å². The zero-order valence-corrected chi connectivity index (χ0v) is 6.92. The molecule has 1 saturated heterocycles. The molecule has 0 radical (unpaired) electrons. The molecule has 2 unspecified atom stereocenters. The van der Waals surface area contributed by atoms with Crippen molar-refractivity contribution in [2.24, 2.45) is 5.92 Å². The van der Waals surface area contributed by atoms with Gasteiger partial charge in [-0.3, -0.25) is 0 Å². The first-order chi connectivity index (χ1) is 4.54. The molecule has 0 saturated carbocycles. The summed E-state index contributed by atoms with van der Waals surface area (Å²) < 4.78 is 5.10. The van der Waals surface area contributed by atoms with Gasteiger partial charge < -0.3 is 9.84 Å². The van der Waals surface area contributed by atoms with Crippen molar-refractivity contribution in [3.05, 3.63) is 0 Å². The van der Waals surface area contributed by atoms with Crippen molar-refractivity contribution in [1.82, 2.24) is 0 Å². The van der Waals surface area contributed by atoms with Crippen molar-refractivity contribution < 1.29 is 9.84 Å². The predicted octanol–water partition coefficient (Wildman–Crippen LogP) is 1.18. The second-order valence-electron chi connectivity index (χ2n) is 3.65. The molecular formula is C8H16O2. The first kappa shape index (κ1) is 8.02. The minimum atomic E-state index is -0.520. The maximum absolute atomic E-state index is 9.72. The van der Waals surface area contributed by atoms with E-state index in [9.17, 15) is 5.11 Å². The van der Waals surface area contributed by atoms with E-state index in [1.807, 2.05) is 6.92 Å². The van der Waals surface area contributed by atoms with Crippen LogP contribution in [0.1, 0.15) is 27.2 Å². The molecule has 2 heteroatoms. The number of aliphatic hydroxyl groups is 1. The summed E-state index contributed by atoms with van der Waals surface area (Å²) in [7, 11) is 0. The lowest BCUT2D eigenvalue weighted by Gasteiger charge is -2.44. The van der Waals surface area contributed by atoms with E-state index in [1.165, 1.54) is 0 Å². The summed E-state index contributed by atoms with van der Waals surface area (Å²) in [6.07, 6.45) is 0.892. The number of ether oxygens (including phenoxy) is 1. The fourth-order valence-corrected chi connectivity index (χ4v) is 1.37. The second kappa shape index (κ2) is 2.51. The van der Waals surface area contributed by atoms with Crippen LogP contribution in [0.3, 0.4) is 0 Å². The lowest BCUT2D eigenvalue weighted by Crippen LogP contribution is -2.57.